The van der Waals surface area contributed by atoms with E-state index < -0.39 is 0 Å². The molecule has 0 amide bonds. The van der Waals surface area contributed by atoms with E-state index >= 15 is 0 Å². The first-order chi connectivity index (χ1) is 13.2. The van der Waals surface area contributed by atoms with Crippen LogP contribution >= 0.6 is 11.8 Å². The van der Waals surface area contributed by atoms with E-state index in [0.29, 0.717) is 11.6 Å². The van der Waals surface area contributed by atoms with Crippen LogP contribution in [0.4, 0.5) is 0 Å². The quantitative estimate of drug-likeness (QED) is 0.572. The van der Waals surface area contributed by atoms with Crippen LogP contribution in [0.5, 0.6) is 11.5 Å². The molecule has 1 heterocycles. The summed E-state index contributed by atoms with van der Waals surface area (Å²) in [7, 11) is 3.28. The molecule has 6 nitrogen and oxygen atoms in total. The predicted molar refractivity (Wildman–Crippen MR) is 105 cm³/mol. The monoisotopic (exact) mass is 380 g/mol. The number of aromatic nitrogens is 3. The van der Waals surface area contributed by atoms with Gasteiger partial charge in [0.15, 0.2) is 11.0 Å². The van der Waals surface area contributed by atoms with Crippen molar-refractivity contribution in [3.05, 3.63) is 48.5 Å². The van der Waals surface area contributed by atoms with Crippen LogP contribution in [0, 0.1) is 17.2 Å². The minimum absolute atomic E-state index is 0.0729. The van der Waals surface area contributed by atoms with Crippen molar-refractivity contribution in [2.24, 2.45) is 5.92 Å². The molecule has 0 unspecified atom stereocenters. The maximum absolute atomic E-state index is 9.06. The SMILES string of the molecule is COc1ccc(-n2c(SC[C@@H](C)C#N)nnc2-c2cccc(OC)c2)cc1. The Morgan fingerprint density at radius 1 is 1.07 bits per heavy atom. The van der Waals surface area contributed by atoms with E-state index in [2.05, 4.69) is 16.3 Å². The van der Waals surface area contributed by atoms with Gasteiger partial charge in [-0.3, -0.25) is 4.57 Å². The highest BCUT2D eigenvalue weighted by Crippen LogP contribution is 2.31. The molecule has 27 heavy (non-hydrogen) atoms. The van der Waals surface area contributed by atoms with Crippen LogP contribution in [-0.4, -0.2) is 34.7 Å². The molecule has 0 saturated carbocycles. The van der Waals surface area contributed by atoms with Crippen molar-refractivity contribution in [3.63, 3.8) is 0 Å². The van der Waals surface area contributed by atoms with Crippen molar-refractivity contribution in [3.8, 4) is 34.6 Å². The Hall–Kier alpha value is -2.98. The van der Waals surface area contributed by atoms with E-state index in [1.807, 2.05) is 60.0 Å². The Balaban J connectivity index is 2.07. The number of nitriles is 1. The van der Waals surface area contributed by atoms with Crippen molar-refractivity contribution >= 4 is 11.8 Å². The lowest BCUT2D eigenvalue weighted by Crippen LogP contribution is -2.02. The number of nitrogens with zero attached hydrogens (tertiary/aromatic N) is 4. The topological polar surface area (TPSA) is 73.0 Å². The molecule has 1 atom stereocenters. The van der Waals surface area contributed by atoms with Gasteiger partial charge in [0.1, 0.15) is 11.5 Å². The Morgan fingerprint density at radius 2 is 1.81 bits per heavy atom. The van der Waals surface area contributed by atoms with Crippen LogP contribution in [0.15, 0.2) is 53.7 Å². The highest BCUT2D eigenvalue weighted by atomic mass is 32.2. The average Bonchev–Trinajstić information content (AvgIpc) is 3.16. The van der Waals surface area contributed by atoms with Crippen LogP contribution in [0.25, 0.3) is 17.1 Å². The Kier molecular flexibility index (Phi) is 5.99. The van der Waals surface area contributed by atoms with Gasteiger partial charge in [0.2, 0.25) is 0 Å². The lowest BCUT2D eigenvalue weighted by molar-refractivity contribution is 0.414. The molecule has 0 aliphatic carbocycles. The summed E-state index contributed by atoms with van der Waals surface area (Å²) in [5, 5.41) is 18.6. The minimum atomic E-state index is -0.0729. The first-order valence-corrected chi connectivity index (χ1v) is 9.41. The molecule has 1 aromatic heterocycles. The number of hydrogen-bond donors (Lipinski definition) is 0. The fourth-order valence-electron chi connectivity index (χ4n) is 2.51. The molecular formula is C20H20N4O2S. The molecule has 3 rings (SSSR count). The highest BCUT2D eigenvalue weighted by molar-refractivity contribution is 7.99. The van der Waals surface area contributed by atoms with Gasteiger partial charge >= 0.3 is 0 Å². The zero-order chi connectivity index (χ0) is 19.2. The third kappa shape index (κ3) is 4.23. The maximum atomic E-state index is 9.06. The van der Waals surface area contributed by atoms with Gasteiger partial charge in [-0.15, -0.1) is 10.2 Å². The van der Waals surface area contributed by atoms with E-state index in [1.165, 1.54) is 11.8 Å². The average molecular weight is 380 g/mol. The van der Waals surface area contributed by atoms with Crippen LogP contribution in [0.1, 0.15) is 6.92 Å². The van der Waals surface area contributed by atoms with Gasteiger partial charge in [-0.2, -0.15) is 5.26 Å². The fraction of sp³-hybridized carbons (Fsp3) is 0.250. The number of benzene rings is 2. The first-order valence-electron chi connectivity index (χ1n) is 8.43. The van der Waals surface area contributed by atoms with Crippen molar-refractivity contribution in [1.29, 1.82) is 5.26 Å². The fourth-order valence-corrected chi connectivity index (χ4v) is 3.41. The Morgan fingerprint density at radius 3 is 2.48 bits per heavy atom. The molecule has 0 bridgehead atoms. The molecule has 0 saturated heterocycles. The third-order valence-corrected chi connectivity index (χ3v) is 5.16. The van der Waals surface area contributed by atoms with Gasteiger partial charge in [-0.25, -0.2) is 0 Å². The van der Waals surface area contributed by atoms with Gasteiger partial charge in [-0.05, 0) is 43.3 Å². The molecule has 0 fully saturated rings. The van der Waals surface area contributed by atoms with Crippen LogP contribution in [0.2, 0.25) is 0 Å². The summed E-state index contributed by atoms with van der Waals surface area (Å²) in [6.07, 6.45) is 0. The summed E-state index contributed by atoms with van der Waals surface area (Å²) < 4.78 is 12.6. The second-order valence-corrected chi connectivity index (χ2v) is 6.90. The second kappa shape index (κ2) is 8.60. The number of rotatable bonds is 7. The second-order valence-electron chi connectivity index (χ2n) is 5.91. The molecular weight excluding hydrogens is 360 g/mol. The molecule has 0 radical (unpaired) electrons. The highest BCUT2D eigenvalue weighted by Gasteiger charge is 2.17. The van der Waals surface area contributed by atoms with E-state index in [4.69, 9.17) is 14.7 Å². The molecule has 3 aromatic rings. The van der Waals surface area contributed by atoms with Gasteiger partial charge in [0.25, 0.3) is 0 Å². The summed E-state index contributed by atoms with van der Waals surface area (Å²) >= 11 is 1.51. The molecule has 7 heteroatoms. The largest absolute Gasteiger partial charge is 0.497 e. The van der Waals surface area contributed by atoms with Gasteiger partial charge in [0.05, 0.1) is 26.2 Å². The number of hydrogen-bond acceptors (Lipinski definition) is 6. The zero-order valence-corrected chi connectivity index (χ0v) is 16.2. The smallest absolute Gasteiger partial charge is 0.196 e. The number of thioether (sulfide) groups is 1. The summed E-state index contributed by atoms with van der Waals surface area (Å²) in [6.45, 7) is 1.89. The third-order valence-electron chi connectivity index (χ3n) is 3.97. The van der Waals surface area contributed by atoms with Crippen molar-refractivity contribution in [1.82, 2.24) is 14.8 Å². The van der Waals surface area contributed by atoms with E-state index in [1.54, 1.807) is 14.2 Å². The molecule has 0 spiro atoms. The zero-order valence-electron chi connectivity index (χ0n) is 15.4. The summed E-state index contributed by atoms with van der Waals surface area (Å²) in [4.78, 5) is 0. The lowest BCUT2D eigenvalue weighted by atomic mass is 10.2. The summed E-state index contributed by atoms with van der Waals surface area (Å²) in [6, 6.07) is 17.7. The first kappa shape index (κ1) is 18.8. The van der Waals surface area contributed by atoms with E-state index in [9.17, 15) is 0 Å². The Bertz CT molecular complexity index is 947. The maximum Gasteiger partial charge on any atom is 0.196 e. The van der Waals surface area contributed by atoms with E-state index in [0.717, 1.165) is 27.9 Å². The van der Waals surface area contributed by atoms with Crippen LogP contribution < -0.4 is 9.47 Å². The lowest BCUT2D eigenvalue weighted by Gasteiger charge is -2.12. The molecule has 138 valence electrons. The Labute approximate surface area is 162 Å². The molecule has 0 aliphatic heterocycles. The van der Waals surface area contributed by atoms with Crippen molar-refractivity contribution in [2.75, 3.05) is 20.0 Å². The van der Waals surface area contributed by atoms with Gasteiger partial charge in [0, 0.05) is 17.0 Å². The molecule has 2 aromatic carbocycles. The van der Waals surface area contributed by atoms with Gasteiger partial charge < -0.3 is 9.47 Å². The normalized spacial score (nSPS) is 11.6. The van der Waals surface area contributed by atoms with Crippen molar-refractivity contribution < 1.29 is 9.47 Å². The molecule has 0 aliphatic rings. The predicted octanol–water partition coefficient (Wildman–Crippen LogP) is 4.20. The van der Waals surface area contributed by atoms with Gasteiger partial charge in [-0.1, -0.05) is 23.9 Å². The van der Waals surface area contributed by atoms with Crippen LogP contribution in [0.3, 0.4) is 0 Å². The minimum Gasteiger partial charge on any atom is -0.497 e. The van der Waals surface area contributed by atoms with Crippen molar-refractivity contribution in [2.45, 2.75) is 12.1 Å². The standard InChI is InChI=1S/C20H20N4O2S/c1-14(12-21)13-27-20-23-22-19(15-5-4-6-18(11-15)26-3)24(20)16-7-9-17(25-2)10-8-16/h4-11,14H,13H2,1-3H3/t14-/m0/s1. The number of ether oxygens (including phenoxy) is 2. The van der Waals surface area contributed by atoms with Crippen LogP contribution in [-0.2, 0) is 0 Å². The summed E-state index contributed by atoms with van der Waals surface area (Å²) in [5.41, 5.74) is 1.82. The number of methoxy groups -OCH3 is 2. The molecule has 0 N–H and O–H groups in total. The van der Waals surface area contributed by atoms with E-state index in [-0.39, 0.29) is 5.92 Å². The summed E-state index contributed by atoms with van der Waals surface area (Å²) in [5.74, 6) is 2.82.